The Morgan fingerprint density at radius 2 is 1.80 bits per heavy atom. The molecular formula is C28H28FNO5. The summed E-state index contributed by atoms with van der Waals surface area (Å²) in [5.74, 6) is -0.324. The predicted octanol–water partition coefficient (Wildman–Crippen LogP) is 4.43. The Morgan fingerprint density at radius 1 is 1.09 bits per heavy atom. The van der Waals surface area contributed by atoms with Crippen LogP contribution in [0.2, 0.25) is 0 Å². The van der Waals surface area contributed by atoms with Gasteiger partial charge in [0.2, 0.25) is 5.91 Å². The zero-order chi connectivity index (χ0) is 25.0. The fraction of sp³-hybridized carbons (Fsp3) is 0.286. The SMILES string of the molecule is COc1ccccc1CN(CC(=O)O)C(=O)Cc1ccc2c(c1)C[C@@](C)(Cc1ccccc1F)O2. The Labute approximate surface area is 203 Å². The maximum atomic E-state index is 14.2. The summed E-state index contributed by atoms with van der Waals surface area (Å²) in [6.07, 6.45) is 1.06. The van der Waals surface area contributed by atoms with Gasteiger partial charge in [0.25, 0.3) is 0 Å². The molecule has 1 heterocycles. The molecule has 0 spiro atoms. The lowest BCUT2D eigenvalue weighted by Gasteiger charge is -2.24. The van der Waals surface area contributed by atoms with Crippen molar-refractivity contribution in [3.8, 4) is 11.5 Å². The monoisotopic (exact) mass is 477 g/mol. The van der Waals surface area contributed by atoms with Gasteiger partial charge in [0, 0.05) is 24.9 Å². The number of methoxy groups -OCH3 is 1. The second kappa shape index (κ2) is 10.2. The van der Waals surface area contributed by atoms with Crippen molar-refractivity contribution in [1.29, 1.82) is 0 Å². The molecule has 35 heavy (non-hydrogen) atoms. The molecule has 1 amide bonds. The maximum Gasteiger partial charge on any atom is 0.323 e. The normalized spacial score (nSPS) is 16.3. The van der Waals surface area contributed by atoms with E-state index >= 15 is 0 Å². The Morgan fingerprint density at radius 3 is 2.51 bits per heavy atom. The summed E-state index contributed by atoms with van der Waals surface area (Å²) in [6, 6.07) is 19.5. The Balaban J connectivity index is 1.48. The summed E-state index contributed by atoms with van der Waals surface area (Å²) in [7, 11) is 1.54. The van der Waals surface area contributed by atoms with E-state index in [0.717, 1.165) is 22.4 Å². The van der Waals surface area contributed by atoms with E-state index in [1.807, 2.05) is 49.4 Å². The van der Waals surface area contributed by atoms with Crippen molar-refractivity contribution >= 4 is 11.9 Å². The van der Waals surface area contributed by atoms with Crippen LogP contribution in [-0.2, 0) is 35.4 Å². The highest BCUT2D eigenvalue weighted by Gasteiger charge is 2.36. The molecule has 0 saturated carbocycles. The van der Waals surface area contributed by atoms with Crippen molar-refractivity contribution in [3.05, 3.63) is 94.8 Å². The number of amides is 1. The van der Waals surface area contributed by atoms with Crippen LogP contribution < -0.4 is 9.47 Å². The first-order valence-corrected chi connectivity index (χ1v) is 11.4. The highest BCUT2D eigenvalue weighted by atomic mass is 19.1. The number of carbonyl (C=O) groups is 2. The van der Waals surface area contributed by atoms with Crippen LogP contribution in [0.15, 0.2) is 66.7 Å². The van der Waals surface area contributed by atoms with Gasteiger partial charge in [-0.25, -0.2) is 4.39 Å². The van der Waals surface area contributed by atoms with Crippen molar-refractivity contribution in [3.63, 3.8) is 0 Å². The number of fused-ring (bicyclic) bond motifs is 1. The van der Waals surface area contributed by atoms with E-state index in [0.29, 0.717) is 24.2 Å². The molecule has 3 aromatic rings. The lowest BCUT2D eigenvalue weighted by Crippen LogP contribution is -2.36. The van der Waals surface area contributed by atoms with Crippen LogP contribution in [0.3, 0.4) is 0 Å². The minimum absolute atomic E-state index is 0.0553. The lowest BCUT2D eigenvalue weighted by molar-refractivity contribution is -0.144. The molecule has 0 bridgehead atoms. The highest BCUT2D eigenvalue weighted by molar-refractivity contribution is 5.83. The number of rotatable bonds is 9. The van der Waals surface area contributed by atoms with Crippen LogP contribution in [-0.4, -0.2) is 41.1 Å². The summed E-state index contributed by atoms with van der Waals surface area (Å²) in [5, 5.41) is 9.36. The molecule has 4 rings (SSSR count). The minimum Gasteiger partial charge on any atom is -0.496 e. The molecule has 7 heteroatoms. The quantitative estimate of drug-likeness (QED) is 0.494. The number of nitrogens with zero attached hydrogens (tertiary/aromatic N) is 1. The lowest BCUT2D eigenvalue weighted by atomic mass is 9.91. The summed E-state index contributed by atoms with van der Waals surface area (Å²) in [6.45, 7) is 1.67. The van der Waals surface area contributed by atoms with Gasteiger partial charge in [-0.05, 0) is 41.8 Å². The van der Waals surface area contributed by atoms with Crippen molar-refractivity contribution in [1.82, 2.24) is 4.90 Å². The van der Waals surface area contributed by atoms with Gasteiger partial charge in [-0.1, -0.05) is 48.5 Å². The van der Waals surface area contributed by atoms with Gasteiger partial charge >= 0.3 is 5.97 Å². The molecule has 0 radical (unpaired) electrons. The summed E-state index contributed by atoms with van der Waals surface area (Å²) >= 11 is 0. The van der Waals surface area contributed by atoms with Gasteiger partial charge in [0.15, 0.2) is 0 Å². The average molecular weight is 478 g/mol. The number of carboxylic acid groups (broad SMARTS) is 1. The van der Waals surface area contributed by atoms with Gasteiger partial charge in [0.05, 0.1) is 13.5 Å². The van der Waals surface area contributed by atoms with E-state index in [9.17, 15) is 19.1 Å². The molecule has 6 nitrogen and oxygen atoms in total. The second-order valence-electron chi connectivity index (χ2n) is 9.07. The van der Waals surface area contributed by atoms with E-state index in [-0.39, 0.29) is 24.7 Å². The van der Waals surface area contributed by atoms with E-state index in [4.69, 9.17) is 9.47 Å². The number of benzene rings is 3. The molecule has 1 aliphatic rings. The van der Waals surface area contributed by atoms with Crippen molar-refractivity contribution < 1.29 is 28.6 Å². The number of ether oxygens (including phenoxy) is 2. The maximum absolute atomic E-state index is 14.2. The molecule has 1 atom stereocenters. The van der Waals surface area contributed by atoms with Gasteiger partial charge in [0.1, 0.15) is 29.5 Å². The zero-order valence-electron chi connectivity index (χ0n) is 19.8. The number of halogens is 1. The van der Waals surface area contributed by atoms with Crippen LogP contribution in [0.25, 0.3) is 0 Å². The van der Waals surface area contributed by atoms with Crippen molar-refractivity contribution in [2.45, 2.75) is 38.3 Å². The fourth-order valence-electron chi connectivity index (χ4n) is 4.55. The summed E-state index contributed by atoms with van der Waals surface area (Å²) in [4.78, 5) is 25.9. The summed E-state index contributed by atoms with van der Waals surface area (Å²) < 4.78 is 25.7. The van der Waals surface area contributed by atoms with Gasteiger partial charge in [-0.3, -0.25) is 9.59 Å². The molecule has 0 saturated heterocycles. The third-order valence-corrected chi connectivity index (χ3v) is 6.16. The molecule has 1 aliphatic heterocycles. The first kappa shape index (κ1) is 24.3. The first-order valence-electron chi connectivity index (χ1n) is 11.4. The van der Waals surface area contributed by atoms with E-state index in [1.165, 1.54) is 18.1 Å². The van der Waals surface area contributed by atoms with Crippen LogP contribution in [0.1, 0.15) is 29.2 Å². The van der Waals surface area contributed by atoms with Gasteiger partial charge < -0.3 is 19.5 Å². The molecular weight excluding hydrogens is 449 g/mol. The van der Waals surface area contributed by atoms with Crippen LogP contribution >= 0.6 is 0 Å². The number of carbonyl (C=O) groups excluding carboxylic acids is 1. The Hall–Kier alpha value is -3.87. The summed E-state index contributed by atoms with van der Waals surface area (Å²) in [5.41, 5.74) is 2.45. The third-order valence-electron chi connectivity index (χ3n) is 6.16. The largest absolute Gasteiger partial charge is 0.496 e. The standard InChI is InChI=1S/C28H28FNO5/c1-28(15-20-7-3-5-9-23(20)29)16-22-13-19(11-12-25(22)35-28)14-26(31)30(18-27(32)33)17-21-8-4-6-10-24(21)34-2/h3-13H,14-18H2,1-2H3,(H,32,33)/t28-/m1/s1. The number of carboxylic acids is 1. The molecule has 182 valence electrons. The first-order chi connectivity index (χ1) is 16.8. The Bertz CT molecular complexity index is 1240. The number of hydrogen-bond acceptors (Lipinski definition) is 4. The number of aliphatic carboxylic acids is 1. The topological polar surface area (TPSA) is 76.1 Å². The molecule has 3 aromatic carbocycles. The second-order valence-corrected chi connectivity index (χ2v) is 9.07. The van der Waals surface area contributed by atoms with Crippen LogP contribution in [0, 0.1) is 5.82 Å². The van der Waals surface area contributed by atoms with Gasteiger partial charge in [-0.2, -0.15) is 0 Å². The van der Waals surface area contributed by atoms with E-state index in [2.05, 4.69) is 0 Å². The van der Waals surface area contributed by atoms with Crippen LogP contribution in [0.4, 0.5) is 4.39 Å². The average Bonchev–Trinajstić information content (AvgIpc) is 3.15. The number of para-hydroxylation sites is 1. The number of hydrogen-bond donors (Lipinski definition) is 1. The third kappa shape index (κ3) is 5.80. The van der Waals surface area contributed by atoms with Crippen molar-refractivity contribution in [2.24, 2.45) is 0 Å². The predicted molar refractivity (Wildman–Crippen MR) is 129 cm³/mol. The Kier molecular flexibility index (Phi) is 7.05. The molecule has 1 N–H and O–H groups in total. The van der Waals surface area contributed by atoms with Crippen molar-refractivity contribution in [2.75, 3.05) is 13.7 Å². The molecule has 0 aromatic heterocycles. The van der Waals surface area contributed by atoms with E-state index < -0.39 is 18.1 Å². The molecule has 0 fully saturated rings. The van der Waals surface area contributed by atoms with Crippen LogP contribution in [0.5, 0.6) is 11.5 Å². The van der Waals surface area contributed by atoms with Gasteiger partial charge in [-0.15, -0.1) is 0 Å². The fourth-order valence-corrected chi connectivity index (χ4v) is 4.55. The van der Waals surface area contributed by atoms with E-state index in [1.54, 1.807) is 18.2 Å². The molecule has 0 unspecified atom stereocenters. The molecule has 0 aliphatic carbocycles. The zero-order valence-corrected chi connectivity index (χ0v) is 19.8. The smallest absolute Gasteiger partial charge is 0.323 e. The highest BCUT2D eigenvalue weighted by Crippen LogP contribution is 2.38. The minimum atomic E-state index is -1.08.